The SMILES string of the molecule is Cc1cc(NC(=O)N2CCC(CCO)C2)c(C(=O)O)[nH]1. The Morgan fingerprint density at radius 2 is 2.30 bits per heavy atom. The van der Waals surface area contributed by atoms with Crippen LogP contribution in [0, 0.1) is 12.8 Å². The molecule has 1 aliphatic heterocycles. The minimum Gasteiger partial charge on any atom is -0.477 e. The summed E-state index contributed by atoms with van der Waals surface area (Å²) in [4.78, 5) is 27.5. The zero-order valence-electron chi connectivity index (χ0n) is 11.3. The summed E-state index contributed by atoms with van der Waals surface area (Å²) in [7, 11) is 0. The van der Waals surface area contributed by atoms with Crippen LogP contribution in [0.25, 0.3) is 0 Å². The number of urea groups is 1. The summed E-state index contributed by atoms with van der Waals surface area (Å²) in [5, 5.41) is 20.6. The zero-order valence-corrected chi connectivity index (χ0v) is 11.3. The second kappa shape index (κ2) is 5.96. The van der Waals surface area contributed by atoms with E-state index >= 15 is 0 Å². The lowest BCUT2D eigenvalue weighted by Gasteiger charge is -2.17. The number of rotatable bonds is 4. The molecule has 2 amide bonds. The van der Waals surface area contributed by atoms with E-state index in [1.807, 2.05) is 0 Å². The summed E-state index contributed by atoms with van der Waals surface area (Å²) in [5.74, 6) is -0.786. The molecule has 4 N–H and O–H groups in total. The van der Waals surface area contributed by atoms with Gasteiger partial charge in [0.15, 0.2) is 0 Å². The van der Waals surface area contributed by atoms with Gasteiger partial charge in [0.05, 0.1) is 5.69 Å². The van der Waals surface area contributed by atoms with Crippen molar-refractivity contribution in [2.75, 3.05) is 25.0 Å². The molecule has 0 aliphatic carbocycles. The topological polar surface area (TPSA) is 106 Å². The van der Waals surface area contributed by atoms with Gasteiger partial charge in [0, 0.05) is 25.4 Å². The second-order valence-electron chi connectivity index (χ2n) is 5.09. The summed E-state index contributed by atoms with van der Waals surface area (Å²) >= 11 is 0. The van der Waals surface area contributed by atoms with Gasteiger partial charge in [-0.1, -0.05) is 0 Å². The third-order valence-corrected chi connectivity index (χ3v) is 3.52. The third kappa shape index (κ3) is 3.11. The Labute approximate surface area is 116 Å². The Morgan fingerprint density at radius 3 is 2.95 bits per heavy atom. The van der Waals surface area contributed by atoms with Crippen molar-refractivity contribution in [2.24, 2.45) is 5.92 Å². The highest BCUT2D eigenvalue weighted by atomic mass is 16.4. The van der Waals surface area contributed by atoms with Crippen LogP contribution in [0.3, 0.4) is 0 Å². The number of nitrogens with zero attached hydrogens (tertiary/aromatic N) is 1. The molecule has 0 spiro atoms. The van der Waals surface area contributed by atoms with Gasteiger partial charge in [-0.05, 0) is 31.7 Å². The molecule has 1 fully saturated rings. The lowest BCUT2D eigenvalue weighted by molar-refractivity contribution is 0.0692. The fraction of sp³-hybridized carbons (Fsp3) is 0.538. The molecule has 7 heteroatoms. The number of amides is 2. The van der Waals surface area contributed by atoms with Crippen molar-refractivity contribution < 1.29 is 19.8 Å². The van der Waals surface area contributed by atoms with Crippen LogP contribution in [0.15, 0.2) is 6.07 Å². The Morgan fingerprint density at radius 1 is 1.55 bits per heavy atom. The highest BCUT2D eigenvalue weighted by Crippen LogP contribution is 2.22. The molecule has 0 bridgehead atoms. The molecule has 1 saturated heterocycles. The molecule has 7 nitrogen and oxygen atoms in total. The average Bonchev–Trinajstić information content (AvgIpc) is 2.97. The molecular formula is C13H19N3O4. The number of hydrogen-bond acceptors (Lipinski definition) is 3. The van der Waals surface area contributed by atoms with E-state index in [1.165, 1.54) is 0 Å². The van der Waals surface area contributed by atoms with Gasteiger partial charge in [-0.15, -0.1) is 0 Å². The molecule has 20 heavy (non-hydrogen) atoms. The van der Waals surface area contributed by atoms with Crippen LogP contribution in [0.4, 0.5) is 10.5 Å². The normalized spacial score (nSPS) is 18.3. The minimum atomic E-state index is -1.10. The largest absolute Gasteiger partial charge is 0.477 e. The number of anilines is 1. The van der Waals surface area contributed by atoms with Gasteiger partial charge in [0.1, 0.15) is 5.69 Å². The number of aromatic amines is 1. The van der Waals surface area contributed by atoms with Gasteiger partial charge in [0.25, 0.3) is 0 Å². The molecule has 0 radical (unpaired) electrons. The first-order chi connectivity index (χ1) is 9.51. The van der Waals surface area contributed by atoms with Crippen molar-refractivity contribution >= 4 is 17.7 Å². The van der Waals surface area contributed by atoms with E-state index in [-0.39, 0.29) is 24.0 Å². The Bertz CT molecular complexity index is 512. The van der Waals surface area contributed by atoms with Gasteiger partial charge in [0.2, 0.25) is 0 Å². The second-order valence-corrected chi connectivity index (χ2v) is 5.09. The van der Waals surface area contributed by atoms with E-state index in [2.05, 4.69) is 10.3 Å². The van der Waals surface area contributed by atoms with Crippen LogP contribution in [-0.4, -0.2) is 51.8 Å². The number of aliphatic hydroxyl groups is 1. The van der Waals surface area contributed by atoms with E-state index in [0.29, 0.717) is 31.1 Å². The summed E-state index contributed by atoms with van der Waals surface area (Å²) < 4.78 is 0. The fourth-order valence-corrected chi connectivity index (χ4v) is 2.49. The monoisotopic (exact) mass is 281 g/mol. The van der Waals surface area contributed by atoms with Gasteiger partial charge in [-0.3, -0.25) is 0 Å². The van der Waals surface area contributed by atoms with Crippen molar-refractivity contribution in [1.29, 1.82) is 0 Å². The van der Waals surface area contributed by atoms with Crippen LogP contribution in [0.2, 0.25) is 0 Å². The van der Waals surface area contributed by atoms with Crippen molar-refractivity contribution in [1.82, 2.24) is 9.88 Å². The molecule has 1 aromatic rings. The number of carbonyl (C=O) groups excluding carboxylic acids is 1. The number of hydrogen-bond donors (Lipinski definition) is 4. The maximum Gasteiger partial charge on any atom is 0.354 e. The number of carbonyl (C=O) groups is 2. The first-order valence-corrected chi connectivity index (χ1v) is 6.61. The third-order valence-electron chi connectivity index (χ3n) is 3.52. The molecule has 1 aliphatic rings. The fourth-order valence-electron chi connectivity index (χ4n) is 2.49. The van der Waals surface area contributed by atoms with E-state index in [9.17, 15) is 9.59 Å². The number of aryl methyl sites for hydroxylation is 1. The van der Waals surface area contributed by atoms with E-state index < -0.39 is 5.97 Å². The predicted octanol–water partition coefficient (Wildman–Crippen LogP) is 1.26. The quantitative estimate of drug-likeness (QED) is 0.666. The Balaban J connectivity index is 2.00. The molecule has 1 atom stereocenters. The number of aromatic carboxylic acids is 1. The number of aliphatic hydroxyl groups excluding tert-OH is 1. The maximum atomic E-state index is 12.1. The lowest BCUT2D eigenvalue weighted by Crippen LogP contribution is -2.33. The number of carboxylic acid groups (broad SMARTS) is 1. The van der Waals surface area contributed by atoms with E-state index in [1.54, 1.807) is 17.9 Å². The van der Waals surface area contributed by atoms with Crippen LogP contribution >= 0.6 is 0 Å². The summed E-state index contributed by atoms with van der Waals surface area (Å²) in [6.45, 7) is 3.08. The van der Waals surface area contributed by atoms with Crippen LogP contribution in [-0.2, 0) is 0 Å². The summed E-state index contributed by atoms with van der Waals surface area (Å²) in [5.41, 5.74) is 0.949. The smallest absolute Gasteiger partial charge is 0.354 e. The standard InChI is InChI=1S/C13H19N3O4/c1-8-6-10(11(14-8)12(18)19)15-13(20)16-4-2-9(7-16)3-5-17/h6,9,14,17H,2-5,7H2,1H3,(H,15,20)(H,18,19). The zero-order chi connectivity index (χ0) is 14.7. The first-order valence-electron chi connectivity index (χ1n) is 6.61. The lowest BCUT2D eigenvalue weighted by atomic mass is 10.1. The molecule has 0 saturated carbocycles. The molecule has 0 aromatic carbocycles. The van der Waals surface area contributed by atoms with Gasteiger partial charge >= 0.3 is 12.0 Å². The average molecular weight is 281 g/mol. The Kier molecular flexibility index (Phi) is 4.29. The Hall–Kier alpha value is -2.02. The van der Waals surface area contributed by atoms with Gasteiger partial charge in [-0.2, -0.15) is 0 Å². The highest BCUT2D eigenvalue weighted by molar-refractivity contribution is 5.99. The number of likely N-dealkylation sites (tertiary alicyclic amines) is 1. The van der Waals surface area contributed by atoms with Crippen molar-refractivity contribution in [2.45, 2.75) is 19.8 Å². The van der Waals surface area contributed by atoms with Crippen molar-refractivity contribution in [3.63, 3.8) is 0 Å². The first kappa shape index (κ1) is 14.4. The molecule has 1 aromatic heterocycles. The van der Waals surface area contributed by atoms with Crippen LogP contribution in [0.5, 0.6) is 0 Å². The van der Waals surface area contributed by atoms with E-state index in [4.69, 9.17) is 10.2 Å². The summed E-state index contributed by atoms with van der Waals surface area (Å²) in [6.07, 6.45) is 1.55. The molecule has 2 heterocycles. The van der Waals surface area contributed by atoms with Gasteiger partial charge < -0.3 is 25.4 Å². The maximum absolute atomic E-state index is 12.1. The predicted molar refractivity (Wildman–Crippen MR) is 72.9 cm³/mol. The van der Waals surface area contributed by atoms with Crippen LogP contribution < -0.4 is 5.32 Å². The molecule has 2 rings (SSSR count). The number of nitrogens with one attached hydrogen (secondary N) is 2. The number of aromatic nitrogens is 1. The van der Waals surface area contributed by atoms with Crippen molar-refractivity contribution in [3.8, 4) is 0 Å². The minimum absolute atomic E-state index is 0.0121. The molecule has 110 valence electrons. The molecular weight excluding hydrogens is 262 g/mol. The summed E-state index contributed by atoms with van der Waals surface area (Å²) in [6, 6.07) is 1.30. The van der Waals surface area contributed by atoms with Crippen LogP contribution in [0.1, 0.15) is 29.0 Å². The number of carboxylic acids is 1. The van der Waals surface area contributed by atoms with E-state index in [0.717, 1.165) is 6.42 Å². The number of H-pyrrole nitrogens is 1. The van der Waals surface area contributed by atoms with Gasteiger partial charge in [-0.25, -0.2) is 9.59 Å². The van der Waals surface area contributed by atoms with Crippen molar-refractivity contribution in [3.05, 3.63) is 17.5 Å². The molecule has 1 unspecified atom stereocenters. The highest BCUT2D eigenvalue weighted by Gasteiger charge is 2.26.